The molecule has 1 aromatic heterocycles. The molecule has 0 atom stereocenters. The van der Waals surface area contributed by atoms with Crippen LogP contribution >= 0.6 is 11.6 Å². The number of hydrogen-bond acceptors (Lipinski definition) is 2. The van der Waals surface area contributed by atoms with Crippen molar-refractivity contribution in [2.75, 3.05) is 0 Å². The summed E-state index contributed by atoms with van der Waals surface area (Å²) in [6, 6.07) is 5.36. The molecule has 1 aliphatic rings. The van der Waals surface area contributed by atoms with Gasteiger partial charge in [-0.15, -0.1) is 0 Å². The average Bonchev–Trinajstić information content (AvgIpc) is 2.84. The molecule has 74 valence electrons. The zero-order valence-electron chi connectivity index (χ0n) is 7.53. The highest BCUT2D eigenvalue weighted by atomic mass is 35.5. The lowest BCUT2D eigenvalue weighted by Gasteiger charge is -2.11. The smallest absolute Gasteiger partial charge is 0.304 e. The molecule has 0 radical (unpaired) electrons. The van der Waals surface area contributed by atoms with Gasteiger partial charge in [-0.25, -0.2) is 4.98 Å². The van der Waals surface area contributed by atoms with E-state index in [0.717, 1.165) is 18.5 Å². The second-order valence-electron chi connectivity index (χ2n) is 3.70. The van der Waals surface area contributed by atoms with Crippen molar-refractivity contribution in [2.24, 2.45) is 0 Å². The standard InChI is InChI=1S/C10H10ClNO2/c11-8-3-1-2-7(12-8)10(4-5-10)6-9(13)14/h1-3H,4-6H2,(H,13,14). The minimum atomic E-state index is -0.774. The van der Waals surface area contributed by atoms with E-state index in [2.05, 4.69) is 4.98 Å². The third-order valence-corrected chi connectivity index (χ3v) is 2.81. The molecule has 1 heterocycles. The lowest BCUT2D eigenvalue weighted by Crippen LogP contribution is -2.14. The van der Waals surface area contributed by atoms with Crippen LogP contribution in [0, 0.1) is 0 Å². The molecule has 1 fully saturated rings. The van der Waals surface area contributed by atoms with Gasteiger partial charge in [-0.2, -0.15) is 0 Å². The van der Waals surface area contributed by atoms with E-state index in [4.69, 9.17) is 16.7 Å². The number of carbonyl (C=O) groups is 1. The quantitative estimate of drug-likeness (QED) is 0.781. The van der Waals surface area contributed by atoms with Crippen LogP contribution in [0.5, 0.6) is 0 Å². The summed E-state index contributed by atoms with van der Waals surface area (Å²) in [5, 5.41) is 9.19. The molecule has 0 spiro atoms. The molecule has 0 saturated heterocycles. The van der Waals surface area contributed by atoms with Crippen LogP contribution in [0.4, 0.5) is 0 Å². The fourth-order valence-electron chi connectivity index (χ4n) is 1.67. The molecule has 0 amide bonds. The summed E-state index contributed by atoms with van der Waals surface area (Å²) < 4.78 is 0. The van der Waals surface area contributed by atoms with Crippen LogP contribution in [0.2, 0.25) is 5.15 Å². The maximum absolute atomic E-state index is 10.7. The Bertz CT molecular complexity index is 374. The van der Waals surface area contributed by atoms with Crippen molar-refractivity contribution in [1.82, 2.24) is 4.98 Å². The largest absolute Gasteiger partial charge is 0.481 e. The van der Waals surface area contributed by atoms with Crippen molar-refractivity contribution in [1.29, 1.82) is 0 Å². The zero-order chi connectivity index (χ0) is 10.2. The summed E-state index contributed by atoms with van der Waals surface area (Å²) in [5.41, 5.74) is 0.573. The van der Waals surface area contributed by atoms with E-state index in [1.807, 2.05) is 12.1 Å². The van der Waals surface area contributed by atoms with Crippen molar-refractivity contribution in [3.05, 3.63) is 29.0 Å². The van der Waals surface area contributed by atoms with Gasteiger partial charge in [0.1, 0.15) is 5.15 Å². The summed E-state index contributed by atoms with van der Waals surface area (Å²) in [5.74, 6) is -0.774. The average molecular weight is 212 g/mol. The van der Waals surface area contributed by atoms with Crippen molar-refractivity contribution in [3.63, 3.8) is 0 Å². The van der Waals surface area contributed by atoms with Crippen LogP contribution in [-0.2, 0) is 10.2 Å². The Hall–Kier alpha value is -1.09. The van der Waals surface area contributed by atoms with Gasteiger partial charge in [0.2, 0.25) is 0 Å². The molecule has 2 rings (SSSR count). The number of halogens is 1. The first-order chi connectivity index (χ1) is 6.62. The highest BCUT2D eigenvalue weighted by Gasteiger charge is 2.47. The molecular formula is C10H10ClNO2. The maximum atomic E-state index is 10.7. The molecule has 3 nitrogen and oxygen atoms in total. The van der Waals surface area contributed by atoms with Crippen molar-refractivity contribution >= 4 is 17.6 Å². The second-order valence-corrected chi connectivity index (χ2v) is 4.08. The van der Waals surface area contributed by atoms with E-state index < -0.39 is 5.97 Å². The number of carboxylic acids is 1. The van der Waals surface area contributed by atoms with Gasteiger partial charge in [-0.3, -0.25) is 4.79 Å². The van der Waals surface area contributed by atoms with E-state index in [9.17, 15) is 4.79 Å². The van der Waals surface area contributed by atoms with Gasteiger partial charge in [0.15, 0.2) is 0 Å². The number of hydrogen-bond donors (Lipinski definition) is 1. The minimum Gasteiger partial charge on any atom is -0.481 e. The fraction of sp³-hybridized carbons (Fsp3) is 0.400. The third-order valence-electron chi connectivity index (χ3n) is 2.60. The van der Waals surface area contributed by atoms with Gasteiger partial charge in [0, 0.05) is 11.1 Å². The molecule has 1 aromatic rings. The van der Waals surface area contributed by atoms with Gasteiger partial charge in [0.25, 0.3) is 0 Å². The Balaban J connectivity index is 2.26. The Kier molecular flexibility index (Phi) is 2.19. The number of aromatic nitrogens is 1. The second kappa shape index (κ2) is 3.24. The molecule has 4 heteroatoms. The molecule has 0 aromatic carbocycles. The van der Waals surface area contributed by atoms with Gasteiger partial charge >= 0.3 is 5.97 Å². The van der Waals surface area contributed by atoms with Crippen LogP contribution < -0.4 is 0 Å². The van der Waals surface area contributed by atoms with Crippen LogP contribution in [-0.4, -0.2) is 16.1 Å². The van der Waals surface area contributed by atoms with Gasteiger partial charge in [-0.05, 0) is 25.0 Å². The van der Waals surface area contributed by atoms with Crippen molar-refractivity contribution in [3.8, 4) is 0 Å². The molecule has 1 N–H and O–H groups in total. The summed E-state index contributed by atoms with van der Waals surface area (Å²) in [6.45, 7) is 0. The first-order valence-corrected chi connectivity index (χ1v) is 4.85. The molecule has 0 unspecified atom stereocenters. The Labute approximate surface area is 86.7 Å². The van der Waals surface area contributed by atoms with E-state index in [1.54, 1.807) is 6.07 Å². The first-order valence-electron chi connectivity index (χ1n) is 4.47. The van der Waals surface area contributed by atoms with E-state index in [1.165, 1.54) is 0 Å². The topological polar surface area (TPSA) is 50.2 Å². The summed E-state index contributed by atoms with van der Waals surface area (Å²) >= 11 is 5.76. The molecule has 14 heavy (non-hydrogen) atoms. The molecule has 0 aliphatic heterocycles. The number of rotatable bonds is 3. The first kappa shape index (κ1) is 9.46. The lowest BCUT2D eigenvalue weighted by molar-refractivity contribution is -0.137. The van der Waals surface area contributed by atoms with Gasteiger partial charge in [-0.1, -0.05) is 17.7 Å². The Morgan fingerprint density at radius 1 is 1.57 bits per heavy atom. The number of carboxylic acid groups (broad SMARTS) is 1. The highest BCUT2D eigenvalue weighted by Crippen LogP contribution is 2.50. The minimum absolute atomic E-state index is 0.153. The summed E-state index contributed by atoms with van der Waals surface area (Å²) in [6.07, 6.45) is 1.94. The van der Waals surface area contributed by atoms with Crippen molar-refractivity contribution in [2.45, 2.75) is 24.7 Å². The lowest BCUT2D eigenvalue weighted by atomic mass is 9.98. The van der Waals surface area contributed by atoms with Crippen LogP contribution in [0.3, 0.4) is 0 Å². The van der Waals surface area contributed by atoms with Gasteiger partial charge < -0.3 is 5.11 Å². The van der Waals surface area contributed by atoms with Crippen LogP contribution in [0.25, 0.3) is 0 Å². The fourth-order valence-corrected chi connectivity index (χ4v) is 1.83. The summed E-state index contributed by atoms with van der Waals surface area (Å²) in [7, 11) is 0. The third kappa shape index (κ3) is 1.73. The molecular weight excluding hydrogens is 202 g/mol. The highest BCUT2D eigenvalue weighted by molar-refractivity contribution is 6.29. The van der Waals surface area contributed by atoms with Crippen molar-refractivity contribution < 1.29 is 9.90 Å². The molecule has 1 aliphatic carbocycles. The monoisotopic (exact) mass is 211 g/mol. The van der Waals surface area contributed by atoms with Crippen LogP contribution in [0.15, 0.2) is 18.2 Å². The van der Waals surface area contributed by atoms with Crippen LogP contribution in [0.1, 0.15) is 25.0 Å². The predicted molar refractivity (Wildman–Crippen MR) is 52.4 cm³/mol. The summed E-state index contributed by atoms with van der Waals surface area (Å²) in [4.78, 5) is 14.8. The molecule has 1 saturated carbocycles. The van der Waals surface area contributed by atoms with Gasteiger partial charge in [0.05, 0.1) is 6.42 Å². The number of pyridine rings is 1. The zero-order valence-corrected chi connectivity index (χ0v) is 8.29. The predicted octanol–water partition coefficient (Wildman–Crippen LogP) is 2.24. The SMILES string of the molecule is O=C(O)CC1(c2cccc(Cl)n2)CC1. The number of aliphatic carboxylic acids is 1. The van der Waals surface area contributed by atoms with E-state index >= 15 is 0 Å². The van der Waals surface area contributed by atoms with E-state index in [-0.39, 0.29) is 11.8 Å². The number of nitrogens with zero attached hydrogens (tertiary/aromatic N) is 1. The Morgan fingerprint density at radius 3 is 2.79 bits per heavy atom. The Morgan fingerprint density at radius 2 is 2.29 bits per heavy atom. The maximum Gasteiger partial charge on any atom is 0.304 e. The van der Waals surface area contributed by atoms with E-state index in [0.29, 0.717) is 5.15 Å². The normalized spacial score (nSPS) is 17.8. The molecule has 0 bridgehead atoms.